The maximum absolute atomic E-state index is 13.5. The van der Waals surface area contributed by atoms with Crippen molar-refractivity contribution in [2.45, 2.75) is 58.1 Å². The first-order valence-corrected chi connectivity index (χ1v) is 13.9. The number of nitrogens with one attached hydrogen (secondary N) is 2. The zero-order chi connectivity index (χ0) is 29.2. The molecule has 0 unspecified atom stereocenters. The maximum Gasteiger partial charge on any atom is 0.258 e. The van der Waals surface area contributed by atoms with E-state index < -0.39 is 0 Å². The molecule has 5 N–H and O–H groups in total. The second-order valence-corrected chi connectivity index (χ2v) is 10.8. The van der Waals surface area contributed by atoms with Crippen LogP contribution in [0.25, 0.3) is 0 Å². The van der Waals surface area contributed by atoms with E-state index in [1.54, 1.807) is 35.2 Å². The molecule has 10 nitrogen and oxygen atoms in total. The zero-order valence-corrected chi connectivity index (χ0v) is 24.0. The fourth-order valence-electron chi connectivity index (χ4n) is 4.70. The molecule has 0 saturated carbocycles. The molecule has 1 heterocycles. The van der Waals surface area contributed by atoms with Crippen molar-refractivity contribution in [2.75, 3.05) is 50.2 Å². The van der Waals surface area contributed by atoms with Gasteiger partial charge in [0, 0.05) is 31.8 Å². The molecule has 0 saturated heterocycles. The van der Waals surface area contributed by atoms with Crippen LogP contribution in [-0.4, -0.2) is 78.6 Å². The highest BCUT2D eigenvalue weighted by Crippen LogP contribution is 2.35. The predicted molar refractivity (Wildman–Crippen MR) is 157 cm³/mol. The van der Waals surface area contributed by atoms with Crippen LogP contribution in [0.2, 0.25) is 0 Å². The normalized spacial score (nSPS) is 17.9. The van der Waals surface area contributed by atoms with Crippen molar-refractivity contribution in [1.82, 2.24) is 9.80 Å². The molecule has 0 fully saturated rings. The van der Waals surface area contributed by atoms with Gasteiger partial charge in [-0.05, 0) is 58.1 Å². The van der Waals surface area contributed by atoms with Crippen LogP contribution in [0.3, 0.4) is 0 Å². The Hall–Kier alpha value is -3.63. The van der Waals surface area contributed by atoms with Crippen molar-refractivity contribution in [3.63, 3.8) is 0 Å². The summed E-state index contributed by atoms with van der Waals surface area (Å²) in [5, 5.41) is 15.5. The first-order chi connectivity index (χ1) is 19.1. The van der Waals surface area contributed by atoms with E-state index in [9.17, 15) is 19.5 Å². The van der Waals surface area contributed by atoms with Crippen LogP contribution >= 0.6 is 0 Å². The van der Waals surface area contributed by atoms with Crippen LogP contribution in [0.15, 0.2) is 42.5 Å². The summed E-state index contributed by atoms with van der Waals surface area (Å²) in [6.07, 6.45) is 2.35. The van der Waals surface area contributed by atoms with Crippen molar-refractivity contribution >= 4 is 34.8 Å². The number of para-hydroxylation sites is 3. The summed E-state index contributed by atoms with van der Waals surface area (Å²) < 4.78 is 6.43. The molecular weight excluding hydrogens is 510 g/mol. The third-order valence-electron chi connectivity index (χ3n) is 7.05. The number of ether oxygens (including phenoxy) is 1. The Morgan fingerprint density at radius 2 is 1.68 bits per heavy atom. The topological polar surface area (TPSA) is 137 Å². The van der Waals surface area contributed by atoms with E-state index in [1.807, 2.05) is 45.0 Å². The number of amides is 3. The van der Waals surface area contributed by atoms with E-state index in [4.69, 9.17) is 10.5 Å². The van der Waals surface area contributed by atoms with Crippen LogP contribution in [0.5, 0.6) is 5.75 Å². The third kappa shape index (κ3) is 8.43. The van der Waals surface area contributed by atoms with Crippen molar-refractivity contribution in [3.8, 4) is 5.75 Å². The Balaban J connectivity index is 1.62. The molecule has 1 aliphatic heterocycles. The zero-order valence-electron chi connectivity index (χ0n) is 24.0. The number of anilines is 3. The summed E-state index contributed by atoms with van der Waals surface area (Å²) in [7, 11) is 3.92. The molecule has 10 heteroatoms. The molecule has 0 spiro atoms. The van der Waals surface area contributed by atoms with Crippen LogP contribution < -0.4 is 21.1 Å². The number of hydrogen-bond acceptors (Lipinski definition) is 7. The molecule has 3 amide bonds. The lowest BCUT2D eigenvalue weighted by molar-refractivity contribution is -0.116. The standard InChI is InChI=1S/C30H43N5O5/c1-20-17-35(21(2)19-36)30(39)22-11-10-14-25(29(22)40-26(20)18-34(3)4)33-28(38)16-7-5-6-15-27(37)32-24-13-9-8-12-23(24)31/h8-14,20-21,26,36H,5-7,15-19,31H2,1-4H3,(H,32,37)(H,33,38)/t20-,21+,26+/m1/s1. The Morgan fingerprint density at radius 3 is 2.30 bits per heavy atom. The molecule has 0 bridgehead atoms. The summed E-state index contributed by atoms with van der Waals surface area (Å²) >= 11 is 0. The summed E-state index contributed by atoms with van der Waals surface area (Å²) in [6.45, 7) is 4.78. The largest absolute Gasteiger partial charge is 0.486 e. The number of nitrogens with zero attached hydrogens (tertiary/aromatic N) is 2. The fourth-order valence-corrected chi connectivity index (χ4v) is 4.70. The second-order valence-electron chi connectivity index (χ2n) is 10.8. The summed E-state index contributed by atoms with van der Waals surface area (Å²) in [5.41, 5.74) is 7.80. The Morgan fingerprint density at radius 1 is 1.05 bits per heavy atom. The van der Waals surface area contributed by atoms with Crippen molar-refractivity contribution in [1.29, 1.82) is 0 Å². The molecular formula is C30H43N5O5. The molecule has 3 atom stereocenters. The summed E-state index contributed by atoms with van der Waals surface area (Å²) in [5.74, 6) is -0.193. The predicted octanol–water partition coefficient (Wildman–Crippen LogP) is 3.58. The Labute approximate surface area is 236 Å². The number of aliphatic hydroxyl groups is 1. The molecule has 0 aliphatic carbocycles. The molecule has 2 aromatic rings. The number of carbonyl (C=O) groups is 3. The molecule has 1 aliphatic rings. The van der Waals surface area contributed by atoms with Crippen molar-refractivity contribution in [3.05, 3.63) is 48.0 Å². The summed E-state index contributed by atoms with van der Waals surface area (Å²) in [6, 6.07) is 11.9. The number of aliphatic hydroxyl groups excluding tert-OH is 1. The van der Waals surface area contributed by atoms with Crippen LogP contribution in [-0.2, 0) is 9.59 Å². The number of benzene rings is 2. The van der Waals surface area contributed by atoms with E-state index in [0.29, 0.717) is 67.1 Å². The van der Waals surface area contributed by atoms with Gasteiger partial charge in [-0.2, -0.15) is 0 Å². The monoisotopic (exact) mass is 553 g/mol. The molecule has 40 heavy (non-hydrogen) atoms. The van der Waals surface area contributed by atoms with E-state index in [0.717, 1.165) is 0 Å². The van der Waals surface area contributed by atoms with Crippen LogP contribution in [0.4, 0.5) is 17.1 Å². The number of fused-ring (bicyclic) bond motifs is 1. The molecule has 2 aromatic carbocycles. The fraction of sp³-hybridized carbons (Fsp3) is 0.500. The number of hydrogen-bond donors (Lipinski definition) is 4. The minimum absolute atomic E-state index is 0.00668. The van der Waals surface area contributed by atoms with Gasteiger partial charge in [0.15, 0.2) is 5.75 Å². The summed E-state index contributed by atoms with van der Waals surface area (Å²) in [4.78, 5) is 42.3. The lowest BCUT2D eigenvalue weighted by Gasteiger charge is -2.38. The smallest absolute Gasteiger partial charge is 0.258 e. The number of unbranched alkanes of at least 4 members (excludes halogenated alkanes) is 2. The van der Waals surface area contributed by atoms with E-state index in [1.165, 1.54) is 0 Å². The number of nitrogens with two attached hydrogens (primary N) is 1. The first kappa shape index (κ1) is 30.9. The minimum atomic E-state index is -0.355. The van der Waals surface area contributed by atoms with Gasteiger partial charge >= 0.3 is 0 Å². The molecule has 0 aromatic heterocycles. The van der Waals surface area contributed by atoms with Gasteiger partial charge in [-0.15, -0.1) is 0 Å². The quantitative estimate of drug-likeness (QED) is 0.233. The molecule has 218 valence electrons. The average Bonchev–Trinajstić information content (AvgIpc) is 2.91. The molecule has 3 rings (SSSR count). The number of nitrogen functional groups attached to an aromatic ring is 1. The number of carbonyl (C=O) groups excluding carboxylic acids is 3. The van der Waals surface area contributed by atoms with Gasteiger partial charge in [-0.3, -0.25) is 14.4 Å². The van der Waals surface area contributed by atoms with Crippen LogP contribution in [0, 0.1) is 5.92 Å². The average molecular weight is 554 g/mol. The number of likely N-dealkylation sites (N-methyl/N-ethyl adjacent to an activating group) is 1. The van der Waals surface area contributed by atoms with Gasteiger partial charge in [0.1, 0.15) is 6.10 Å². The van der Waals surface area contributed by atoms with Gasteiger partial charge in [0.05, 0.1) is 35.3 Å². The SMILES string of the molecule is C[C@@H]1CN([C@@H](C)CO)C(=O)c2cccc(NC(=O)CCCCCC(=O)Nc3ccccc3N)c2O[C@H]1CN(C)C. The van der Waals surface area contributed by atoms with Crippen LogP contribution in [0.1, 0.15) is 56.3 Å². The van der Waals surface area contributed by atoms with E-state index >= 15 is 0 Å². The maximum atomic E-state index is 13.5. The minimum Gasteiger partial charge on any atom is -0.486 e. The van der Waals surface area contributed by atoms with Crippen molar-refractivity contribution in [2.24, 2.45) is 5.92 Å². The lowest BCUT2D eigenvalue weighted by Crippen LogP contribution is -2.49. The number of rotatable bonds is 12. The van der Waals surface area contributed by atoms with Gasteiger partial charge in [0.25, 0.3) is 5.91 Å². The highest BCUT2D eigenvalue weighted by atomic mass is 16.5. The highest BCUT2D eigenvalue weighted by molar-refractivity contribution is 6.01. The van der Waals surface area contributed by atoms with Crippen molar-refractivity contribution < 1.29 is 24.2 Å². The Bertz CT molecular complexity index is 1170. The van der Waals surface area contributed by atoms with Gasteiger partial charge in [-0.1, -0.05) is 31.5 Å². The van der Waals surface area contributed by atoms with E-state index in [2.05, 4.69) is 10.6 Å². The Kier molecular flexibility index (Phi) is 11.3. The van der Waals surface area contributed by atoms with E-state index in [-0.39, 0.29) is 48.8 Å². The van der Waals surface area contributed by atoms with Gasteiger partial charge in [0.2, 0.25) is 11.8 Å². The lowest BCUT2D eigenvalue weighted by atomic mass is 9.99. The van der Waals surface area contributed by atoms with Gasteiger partial charge < -0.3 is 36.0 Å². The highest BCUT2D eigenvalue weighted by Gasteiger charge is 2.34. The first-order valence-electron chi connectivity index (χ1n) is 13.9. The van der Waals surface area contributed by atoms with Gasteiger partial charge in [-0.25, -0.2) is 0 Å². The third-order valence-corrected chi connectivity index (χ3v) is 7.05. The molecule has 0 radical (unpaired) electrons. The second kappa shape index (κ2) is 14.7.